The Hall–Kier alpha value is -3.14. The van der Waals surface area contributed by atoms with Crippen molar-refractivity contribution in [2.45, 2.75) is 25.9 Å². The smallest absolute Gasteiger partial charge is 0.227 e. The van der Waals surface area contributed by atoms with E-state index in [4.69, 9.17) is 0 Å². The fraction of sp³-hybridized carbons (Fsp3) is 0.464. The van der Waals surface area contributed by atoms with Crippen LogP contribution < -0.4 is 10.2 Å². The first-order chi connectivity index (χ1) is 17.9. The first kappa shape index (κ1) is 25.5. The lowest BCUT2D eigenvalue weighted by Crippen LogP contribution is -2.50. The van der Waals surface area contributed by atoms with Gasteiger partial charge in [0.2, 0.25) is 5.95 Å². The van der Waals surface area contributed by atoms with Gasteiger partial charge in [-0.1, -0.05) is 0 Å². The van der Waals surface area contributed by atoms with Gasteiger partial charge in [0, 0.05) is 82.5 Å². The first-order valence-corrected chi connectivity index (χ1v) is 13.1. The Morgan fingerprint density at radius 3 is 2.51 bits per heavy atom. The van der Waals surface area contributed by atoms with Crippen LogP contribution in [0.3, 0.4) is 0 Å². The molecule has 1 fully saturated rings. The molecule has 5 aliphatic rings. The van der Waals surface area contributed by atoms with Crippen LogP contribution >= 0.6 is 0 Å². The van der Waals surface area contributed by atoms with Crippen molar-refractivity contribution >= 4 is 17.5 Å². The minimum atomic E-state index is -0.263. The van der Waals surface area contributed by atoms with E-state index < -0.39 is 0 Å². The Balaban J connectivity index is 1.40. The van der Waals surface area contributed by atoms with Gasteiger partial charge in [-0.2, -0.15) is 0 Å². The van der Waals surface area contributed by atoms with Crippen molar-refractivity contribution in [3.05, 3.63) is 60.2 Å². The molecule has 196 valence electrons. The van der Waals surface area contributed by atoms with Gasteiger partial charge in [-0.15, -0.1) is 0 Å². The van der Waals surface area contributed by atoms with Crippen LogP contribution in [0.2, 0.25) is 0 Å². The monoisotopic (exact) mass is 504 g/mol. The summed E-state index contributed by atoms with van der Waals surface area (Å²) in [5, 5.41) is 3.20. The summed E-state index contributed by atoms with van der Waals surface area (Å²) in [6.45, 7) is 10.1. The van der Waals surface area contributed by atoms with E-state index in [-0.39, 0.29) is 5.82 Å². The molecule has 37 heavy (non-hydrogen) atoms. The summed E-state index contributed by atoms with van der Waals surface area (Å²) in [5.41, 5.74) is 3.27. The van der Waals surface area contributed by atoms with E-state index in [2.05, 4.69) is 60.9 Å². The van der Waals surface area contributed by atoms with Crippen molar-refractivity contribution in [2.75, 3.05) is 70.1 Å². The molecule has 0 saturated carbocycles. The molecule has 1 saturated heterocycles. The summed E-state index contributed by atoms with van der Waals surface area (Å²) in [7, 11) is 4.31. The Kier molecular flexibility index (Phi) is 7.93. The molecule has 0 spiro atoms. The van der Waals surface area contributed by atoms with E-state index in [1.807, 2.05) is 30.5 Å². The zero-order valence-corrected chi connectivity index (χ0v) is 22.1. The van der Waals surface area contributed by atoms with Gasteiger partial charge in [0.25, 0.3) is 0 Å². The molecule has 9 heteroatoms. The number of halogens is 1. The molecule has 0 amide bonds. The van der Waals surface area contributed by atoms with Crippen LogP contribution in [0.15, 0.2) is 48.8 Å². The van der Waals surface area contributed by atoms with E-state index in [0.717, 1.165) is 81.4 Å². The largest absolute Gasteiger partial charge is 0.360 e. The topological polar surface area (TPSA) is 63.7 Å². The second-order valence-electron chi connectivity index (χ2n) is 10.3. The molecule has 1 unspecified atom stereocenters. The van der Waals surface area contributed by atoms with Crippen molar-refractivity contribution < 1.29 is 4.39 Å². The quantitative estimate of drug-likeness (QED) is 0.497. The molecule has 8 rings (SSSR count). The lowest BCUT2D eigenvalue weighted by molar-refractivity contribution is 0.0993. The summed E-state index contributed by atoms with van der Waals surface area (Å²) < 4.78 is 14.5. The average Bonchev–Trinajstić information content (AvgIpc) is 2.89. The van der Waals surface area contributed by atoms with E-state index in [1.165, 1.54) is 6.07 Å². The molecule has 5 aliphatic heterocycles. The minimum absolute atomic E-state index is 0.263. The zero-order valence-electron chi connectivity index (χ0n) is 22.1. The number of hydrogen-bond acceptors (Lipinski definition) is 8. The van der Waals surface area contributed by atoms with E-state index >= 15 is 0 Å². The van der Waals surface area contributed by atoms with Crippen LogP contribution in [-0.4, -0.2) is 95.6 Å². The number of likely N-dealkylation sites (N-methyl/N-ethyl adjacent to an activating group) is 1. The molecule has 8 bridgehead atoms. The SMILES string of the molecule is CC1CN2CCN(CC2)Cc2cc(F)cc(c2)Nc2nccc(n2)-c2ccc(nc2)N(C)CCCN1C. The molecular weight excluding hydrogens is 467 g/mol. The fourth-order valence-electron chi connectivity index (χ4n) is 5.08. The molecule has 1 atom stereocenters. The standard InChI is InChI=1S/C28H37FN8/c1-21-19-36-11-13-37(14-12-36)20-22-15-24(29)17-25(16-22)32-28-30-8-7-26(33-28)23-5-6-27(31-18-23)35(3)10-4-9-34(21)2/h5-8,15-18,21H,4,9-14,19-20H2,1-3H3,(H,30,32,33). The lowest BCUT2D eigenvalue weighted by atomic mass is 10.1. The average molecular weight is 505 g/mol. The van der Waals surface area contributed by atoms with Crippen LogP contribution in [0.25, 0.3) is 11.3 Å². The molecule has 7 heterocycles. The van der Waals surface area contributed by atoms with Gasteiger partial charge in [-0.25, -0.2) is 19.3 Å². The Morgan fingerprint density at radius 1 is 0.919 bits per heavy atom. The maximum Gasteiger partial charge on any atom is 0.227 e. The number of benzene rings is 1. The van der Waals surface area contributed by atoms with Crippen molar-refractivity contribution in [3.8, 4) is 11.3 Å². The summed E-state index contributed by atoms with van der Waals surface area (Å²) in [5.74, 6) is 1.11. The maximum absolute atomic E-state index is 14.5. The molecule has 2 aromatic heterocycles. The van der Waals surface area contributed by atoms with Crippen molar-refractivity contribution in [2.24, 2.45) is 0 Å². The lowest BCUT2D eigenvalue weighted by Gasteiger charge is -2.37. The third-order valence-corrected chi connectivity index (χ3v) is 7.45. The van der Waals surface area contributed by atoms with E-state index in [1.54, 1.807) is 12.3 Å². The molecule has 3 aromatic rings. The van der Waals surface area contributed by atoms with Crippen molar-refractivity contribution in [1.82, 2.24) is 29.7 Å². The summed E-state index contributed by atoms with van der Waals surface area (Å²) in [4.78, 5) is 23.3. The number of hydrogen-bond donors (Lipinski definition) is 1. The van der Waals surface area contributed by atoms with Gasteiger partial charge in [-0.3, -0.25) is 9.80 Å². The number of nitrogens with zero attached hydrogens (tertiary/aromatic N) is 7. The van der Waals surface area contributed by atoms with Gasteiger partial charge in [0.1, 0.15) is 11.6 Å². The second kappa shape index (κ2) is 11.5. The number of nitrogens with one attached hydrogen (secondary N) is 1. The van der Waals surface area contributed by atoms with Crippen LogP contribution in [0.4, 0.5) is 21.8 Å². The Bertz CT molecular complexity index is 1180. The second-order valence-corrected chi connectivity index (χ2v) is 10.3. The predicted octanol–water partition coefficient (Wildman–Crippen LogP) is 3.70. The summed E-state index contributed by atoms with van der Waals surface area (Å²) >= 11 is 0. The zero-order chi connectivity index (χ0) is 25.8. The van der Waals surface area contributed by atoms with Gasteiger partial charge in [0.15, 0.2) is 0 Å². The van der Waals surface area contributed by atoms with Gasteiger partial charge in [-0.05, 0) is 68.9 Å². The van der Waals surface area contributed by atoms with Gasteiger partial charge >= 0.3 is 0 Å². The van der Waals surface area contributed by atoms with Gasteiger partial charge < -0.3 is 15.1 Å². The van der Waals surface area contributed by atoms with Crippen LogP contribution in [0.1, 0.15) is 18.9 Å². The van der Waals surface area contributed by atoms with Gasteiger partial charge in [0.05, 0.1) is 5.69 Å². The maximum atomic E-state index is 14.5. The van der Waals surface area contributed by atoms with Crippen molar-refractivity contribution in [3.63, 3.8) is 0 Å². The third kappa shape index (κ3) is 6.60. The van der Waals surface area contributed by atoms with E-state index in [0.29, 0.717) is 17.7 Å². The number of rotatable bonds is 0. The fourth-order valence-corrected chi connectivity index (χ4v) is 5.08. The highest BCUT2D eigenvalue weighted by atomic mass is 19.1. The van der Waals surface area contributed by atoms with Crippen LogP contribution in [0, 0.1) is 5.82 Å². The number of aromatic nitrogens is 3. The first-order valence-electron chi connectivity index (χ1n) is 13.1. The molecule has 1 aromatic carbocycles. The number of piperazine rings is 1. The Morgan fingerprint density at radius 2 is 1.73 bits per heavy atom. The van der Waals surface area contributed by atoms with Crippen LogP contribution in [0.5, 0.6) is 0 Å². The highest BCUT2D eigenvalue weighted by molar-refractivity contribution is 5.62. The summed E-state index contributed by atoms with van der Waals surface area (Å²) in [6, 6.07) is 11.5. The molecule has 0 aliphatic carbocycles. The molecule has 0 radical (unpaired) electrons. The molecule has 8 nitrogen and oxygen atoms in total. The highest BCUT2D eigenvalue weighted by Gasteiger charge is 2.21. The third-order valence-electron chi connectivity index (χ3n) is 7.45. The predicted molar refractivity (Wildman–Crippen MR) is 147 cm³/mol. The van der Waals surface area contributed by atoms with E-state index in [9.17, 15) is 4.39 Å². The summed E-state index contributed by atoms with van der Waals surface area (Å²) in [6.07, 6.45) is 4.63. The van der Waals surface area contributed by atoms with Crippen molar-refractivity contribution in [1.29, 1.82) is 0 Å². The number of anilines is 3. The Labute approximate surface area is 219 Å². The highest BCUT2D eigenvalue weighted by Crippen LogP contribution is 2.23. The normalized spacial score (nSPS) is 23.6. The number of pyridine rings is 1. The minimum Gasteiger partial charge on any atom is -0.360 e. The van der Waals surface area contributed by atoms with Crippen LogP contribution in [-0.2, 0) is 6.54 Å². The molecule has 1 N–H and O–H groups in total. The molecular formula is C28H37FN8.